The van der Waals surface area contributed by atoms with Gasteiger partial charge < -0.3 is 44.6 Å². The number of carbonyl (C=O) groups is 4. The molecule has 6 N–H and O–H groups in total. The Morgan fingerprint density at radius 3 is 2.05 bits per heavy atom. The highest BCUT2D eigenvalue weighted by atomic mass is 16.7. The molecule has 0 saturated carbocycles. The molecule has 4 unspecified atom stereocenters. The van der Waals surface area contributed by atoms with Crippen LogP contribution in [-0.2, 0) is 30.3 Å². The van der Waals surface area contributed by atoms with E-state index in [0.717, 1.165) is 19.3 Å². The van der Waals surface area contributed by atoms with Crippen LogP contribution in [0.4, 0.5) is 0 Å². The van der Waals surface area contributed by atoms with E-state index in [0.29, 0.717) is 6.42 Å². The Balaban J connectivity index is 1.18. The Bertz CT molecular complexity index is 1800. The van der Waals surface area contributed by atoms with Gasteiger partial charge >= 0.3 is 5.97 Å². The quantitative estimate of drug-likeness (QED) is 0.0349. The van der Waals surface area contributed by atoms with Crippen molar-refractivity contribution in [2.75, 3.05) is 13.7 Å². The highest BCUT2D eigenvalue weighted by Crippen LogP contribution is 2.52. The average Bonchev–Trinajstić information content (AvgIpc) is 3.22. The molecule has 59 heavy (non-hydrogen) atoms. The second kappa shape index (κ2) is 21.6. The number of benzene rings is 2. The van der Waals surface area contributed by atoms with E-state index >= 15 is 0 Å². The van der Waals surface area contributed by atoms with Crippen LogP contribution >= 0.6 is 0 Å². The minimum atomic E-state index is -2.31. The molecular weight excluding hydrogens is 762 g/mol. The molecule has 0 amide bonds. The van der Waals surface area contributed by atoms with Crippen LogP contribution in [0, 0.1) is 0 Å². The normalized spacial score (nSPS) is 23.7. The van der Waals surface area contributed by atoms with Crippen LogP contribution in [0.1, 0.15) is 178 Å². The van der Waals surface area contributed by atoms with Crippen molar-refractivity contribution in [3.05, 3.63) is 51.6 Å². The molecule has 1 heterocycles. The first kappa shape index (κ1) is 46.2. The molecule has 0 spiro atoms. The van der Waals surface area contributed by atoms with Gasteiger partial charge in [-0.3, -0.25) is 19.2 Å². The molecule has 1 fully saturated rings. The number of aromatic hydroxyl groups is 2. The first-order chi connectivity index (χ1) is 28.4. The molecule has 14 nitrogen and oxygen atoms in total. The maximum atomic E-state index is 13.9. The maximum absolute atomic E-state index is 13.9. The van der Waals surface area contributed by atoms with E-state index < -0.39 is 102 Å². The SMILES string of the molecule is CCCCCCCCCCCCCCCCCC(=O)ONC1CC(O[C@H]2C[C@](O)(C(=O)CO)Cc3c(O)c4c(c(O)c32)C(=O)c2c(OC)cccc2C4=O)OC(C)C1O. The van der Waals surface area contributed by atoms with Crippen LogP contribution in [0.3, 0.4) is 0 Å². The van der Waals surface area contributed by atoms with Crippen molar-refractivity contribution < 1.29 is 63.8 Å². The smallest absolute Gasteiger partial charge is 0.324 e. The summed E-state index contributed by atoms with van der Waals surface area (Å²) in [7, 11) is 1.32. The van der Waals surface area contributed by atoms with Gasteiger partial charge in [0.05, 0.1) is 48.2 Å². The van der Waals surface area contributed by atoms with Crippen molar-refractivity contribution in [3.8, 4) is 17.2 Å². The monoisotopic (exact) mass is 825 g/mol. The Morgan fingerprint density at radius 1 is 0.864 bits per heavy atom. The molecule has 1 saturated heterocycles. The number of carbonyl (C=O) groups excluding carboxylic acids is 4. The number of aliphatic hydroxyl groups is 3. The van der Waals surface area contributed by atoms with Crippen molar-refractivity contribution in [1.29, 1.82) is 0 Å². The standard InChI is InChI=1S/C45H63NO13/c1-4-5-6-7-8-9-10-11-12-13-14-15-16-17-18-22-34(49)59-46-30-23-35(57-27(2)40(30)50)58-32-25-45(55,33(48)26-47)24-29-37(32)44(54)39-38(42(29)52)41(51)28-20-19-21-31(56-3)36(28)43(39)53/h19-21,27,30,32,35,40,46-47,50,52,54-55H,4-18,22-26H2,1-3H3/t27?,30?,32-,35?,40?,45-/m0/s1. The molecule has 14 heteroatoms. The molecule has 2 aromatic rings. The van der Waals surface area contributed by atoms with Crippen molar-refractivity contribution in [3.63, 3.8) is 0 Å². The zero-order valence-electron chi connectivity index (χ0n) is 34.8. The van der Waals surface area contributed by atoms with Crippen LogP contribution in [0.15, 0.2) is 18.2 Å². The second-order valence-electron chi connectivity index (χ2n) is 16.4. The lowest BCUT2D eigenvalue weighted by molar-refractivity contribution is -0.256. The average molecular weight is 826 g/mol. The van der Waals surface area contributed by atoms with E-state index in [2.05, 4.69) is 12.4 Å². The fraction of sp³-hybridized carbons (Fsp3) is 0.644. The largest absolute Gasteiger partial charge is 0.507 e. The number of ether oxygens (including phenoxy) is 3. The molecule has 0 bridgehead atoms. The van der Waals surface area contributed by atoms with Gasteiger partial charge in [0, 0.05) is 42.4 Å². The number of fused-ring (bicyclic) bond motifs is 3. The van der Waals surface area contributed by atoms with Gasteiger partial charge in [-0.1, -0.05) is 109 Å². The number of nitrogens with one attached hydrogen (secondary N) is 1. The molecule has 2 aromatic carbocycles. The van der Waals surface area contributed by atoms with E-state index in [1.165, 1.54) is 95.9 Å². The number of phenols is 2. The van der Waals surface area contributed by atoms with Crippen LogP contribution in [0.5, 0.6) is 17.2 Å². The summed E-state index contributed by atoms with van der Waals surface area (Å²) >= 11 is 0. The van der Waals surface area contributed by atoms with Crippen molar-refractivity contribution >= 4 is 23.3 Å². The fourth-order valence-corrected chi connectivity index (χ4v) is 8.67. The number of hydroxylamine groups is 1. The number of hydrogen-bond acceptors (Lipinski definition) is 14. The molecule has 0 aromatic heterocycles. The van der Waals surface area contributed by atoms with E-state index in [-0.39, 0.29) is 40.8 Å². The van der Waals surface area contributed by atoms with Crippen molar-refractivity contribution in [1.82, 2.24) is 5.48 Å². The third kappa shape index (κ3) is 10.9. The number of hydrogen-bond donors (Lipinski definition) is 6. The number of methoxy groups -OCH3 is 1. The zero-order chi connectivity index (χ0) is 42.7. The summed E-state index contributed by atoms with van der Waals surface area (Å²) in [6.45, 7) is 2.76. The summed E-state index contributed by atoms with van der Waals surface area (Å²) in [6, 6.07) is 3.49. The lowest BCUT2D eigenvalue weighted by Gasteiger charge is -2.42. The summed E-state index contributed by atoms with van der Waals surface area (Å²) in [6.07, 6.45) is 12.4. The van der Waals surface area contributed by atoms with E-state index in [1.54, 1.807) is 6.92 Å². The highest BCUT2D eigenvalue weighted by Gasteiger charge is 2.50. The molecule has 0 radical (unpaired) electrons. The number of unbranched alkanes of at least 4 members (excludes halogenated alkanes) is 14. The lowest BCUT2D eigenvalue weighted by atomic mass is 9.72. The molecule has 2 aliphatic carbocycles. The van der Waals surface area contributed by atoms with Crippen LogP contribution < -0.4 is 10.2 Å². The van der Waals surface area contributed by atoms with Gasteiger partial charge in [0.1, 0.15) is 29.5 Å². The Labute approximate surface area is 346 Å². The van der Waals surface area contributed by atoms with Gasteiger partial charge in [0.2, 0.25) is 5.78 Å². The van der Waals surface area contributed by atoms with Crippen LogP contribution in [0.2, 0.25) is 0 Å². The van der Waals surface area contributed by atoms with Gasteiger partial charge in [-0.05, 0) is 19.4 Å². The molecule has 5 rings (SSSR count). The number of ketones is 3. The minimum Gasteiger partial charge on any atom is -0.507 e. The third-order valence-corrected chi connectivity index (χ3v) is 12.1. The Hall–Kier alpha value is -3.92. The summed E-state index contributed by atoms with van der Waals surface area (Å²) in [5, 5.41) is 55.6. The first-order valence-corrected chi connectivity index (χ1v) is 21.5. The number of Topliss-reactive ketones (excluding diaryl/α,β-unsaturated/α-hetero) is 1. The lowest BCUT2D eigenvalue weighted by Crippen LogP contribution is -2.55. The first-order valence-electron chi connectivity index (χ1n) is 21.5. The highest BCUT2D eigenvalue weighted by molar-refractivity contribution is 6.31. The number of phenolic OH excluding ortho intramolecular Hbond substituents is 2. The number of rotatable bonds is 23. The molecule has 6 atom stereocenters. The van der Waals surface area contributed by atoms with Crippen LogP contribution in [-0.4, -0.2) is 92.7 Å². The summed E-state index contributed by atoms with van der Waals surface area (Å²) in [4.78, 5) is 58.6. The maximum Gasteiger partial charge on any atom is 0.324 e. The minimum absolute atomic E-state index is 0.0704. The van der Waals surface area contributed by atoms with E-state index in [9.17, 15) is 44.7 Å². The number of aliphatic hydroxyl groups excluding tert-OH is 2. The topological polar surface area (TPSA) is 218 Å². The van der Waals surface area contributed by atoms with Gasteiger partial charge in [-0.25, -0.2) is 0 Å². The third-order valence-electron chi connectivity index (χ3n) is 12.1. The second-order valence-corrected chi connectivity index (χ2v) is 16.4. The molecule has 3 aliphatic rings. The summed E-state index contributed by atoms with van der Waals surface area (Å²) in [5.41, 5.74) is -1.22. The van der Waals surface area contributed by atoms with Gasteiger partial charge in [0.25, 0.3) is 0 Å². The molecule has 1 aliphatic heterocycles. The van der Waals surface area contributed by atoms with Gasteiger partial charge in [-0.15, -0.1) is 5.48 Å². The van der Waals surface area contributed by atoms with Gasteiger partial charge in [-0.2, -0.15) is 0 Å². The summed E-state index contributed by atoms with van der Waals surface area (Å²) < 4.78 is 17.5. The van der Waals surface area contributed by atoms with E-state index in [1.807, 2.05) is 0 Å². The Kier molecular flexibility index (Phi) is 16.9. The van der Waals surface area contributed by atoms with Crippen molar-refractivity contribution in [2.45, 2.75) is 172 Å². The molecule has 326 valence electrons. The summed E-state index contributed by atoms with van der Waals surface area (Å²) in [5.74, 6) is -4.42. The predicted octanol–water partition coefficient (Wildman–Crippen LogP) is 6.35. The fourth-order valence-electron chi connectivity index (χ4n) is 8.67. The Morgan fingerprint density at radius 2 is 1.46 bits per heavy atom. The van der Waals surface area contributed by atoms with E-state index in [4.69, 9.17) is 19.0 Å². The van der Waals surface area contributed by atoms with Crippen LogP contribution in [0.25, 0.3) is 0 Å². The predicted molar refractivity (Wildman–Crippen MR) is 216 cm³/mol. The van der Waals surface area contributed by atoms with Crippen molar-refractivity contribution in [2.24, 2.45) is 0 Å². The molecular formula is C45H63NO13. The van der Waals surface area contributed by atoms with Gasteiger partial charge in [0.15, 0.2) is 17.9 Å². The zero-order valence-corrected chi connectivity index (χ0v) is 34.8.